The minimum atomic E-state index is -1.16. The maximum atomic E-state index is 11.1. The summed E-state index contributed by atoms with van der Waals surface area (Å²) in [5.41, 5.74) is 0.175. The number of halogens is 1. The number of carboxylic acid groups (broad SMARTS) is 1. The van der Waals surface area contributed by atoms with Crippen LogP contribution in [0.2, 0.25) is 5.02 Å². The standard InChI is InChI=1S/C15H21ClO3/c1-4-5-6-7-15(2,3)12-9-10(16)8-11(13(12)17)14(18)19/h8-9,17H,4-7H2,1-3H3,(H,18,19). The second kappa shape index (κ2) is 6.29. The Morgan fingerprint density at radius 2 is 1.95 bits per heavy atom. The summed E-state index contributed by atoms with van der Waals surface area (Å²) in [7, 11) is 0. The van der Waals surface area contributed by atoms with Gasteiger partial charge < -0.3 is 10.2 Å². The van der Waals surface area contributed by atoms with Crippen molar-refractivity contribution < 1.29 is 15.0 Å². The summed E-state index contributed by atoms with van der Waals surface area (Å²) >= 11 is 5.96. The third-order valence-electron chi connectivity index (χ3n) is 3.44. The van der Waals surface area contributed by atoms with Crippen molar-refractivity contribution in [1.82, 2.24) is 0 Å². The Bertz CT molecular complexity index is 467. The van der Waals surface area contributed by atoms with E-state index < -0.39 is 5.97 Å². The van der Waals surface area contributed by atoms with E-state index in [1.165, 1.54) is 6.07 Å². The van der Waals surface area contributed by atoms with Gasteiger partial charge in [0, 0.05) is 10.6 Å². The Morgan fingerprint density at radius 1 is 1.32 bits per heavy atom. The summed E-state index contributed by atoms with van der Waals surface area (Å²) in [5.74, 6) is -1.33. The number of aromatic carboxylic acids is 1. The minimum absolute atomic E-state index is 0.133. The molecule has 4 heteroatoms. The molecule has 0 fully saturated rings. The normalized spacial score (nSPS) is 11.6. The zero-order valence-corrected chi connectivity index (χ0v) is 12.4. The molecule has 0 aliphatic heterocycles. The van der Waals surface area contributed by atoms with E-state index in [2.05, 4.69) is 6.92 Å². The van der Waals surface area contributed by atoms with Crippen molar-refractivity contribution in [3.05, 3.63) is 28.3 Å². The molecule has 19 heavy (non-hydrogen) atoms. The molecule has 0 saturated carbocycles. The van der Waals surface area contributed by atoms with Crippen LogP contribution in [0.4, 0.5) is 0 Å². The SMILES string of the molecule is CCCCCC(C)(C)c1cc(Cl)cc(C(=O)O)c1O. The molecule has 0 saturated heterocycles. The summed E-state index contributed by atoms with van der Waals surface area (Å²) < 4.78 is 0. The van der Waals surface area contributed by atoms with Gasteiger partial charge in [-0.15, -0.1) is 0 Å². The first-order valence-corrected chi connectivity index (χ1v) is 6.93. The van der Waals surface area contributed by atoms with Crippen LogP contribution >= 0.6 is 11.6 Å². The van der Waals surface area contributed by atoms with E-state index >= 15 is 0 Å². The number of carboxylic acids is 1. The average molecular weight is 285 g/mol. The second-order valence-corrected chi connectivity index (χ2v) is 5.93. The number of hydrogen-bond donors (Lipinski definition) is 2. The predicted octanol–water partition coefficient (Wildman–Crippen LogP) is 4.60. The number of benzene rings is 1. The summed E-state index contributed by atoms with van der Waals surface area (Å²) in [5, 5.41) is 19.6. The number of rotatable bonds is 6. The molecular weight excluding hydrogens is 264 g/mol. The van der Waals surface area contributed by atoms with Gasteiger partial charge in [-0.3, -0.25) is 0 Å². The number of carbonyl (C=O) groups is 1. The van der Waals surface area contributed by atoms with E-state index in [1.807, 2.05) is 13.8 Å². The molecule has 0 radical (unpaired) electrons. The number of aromatic hydroxyl groups is 1. The zero-order valence-electron chi connectivity index (χ0n) is 11.7. The van der Waals surface area contributed by atoms with Gasteiger partial charge in [-0.1, -0.05) is 51.6 Å². The maximum Gasteiger partial charge on any atom is 0.339 e. The molecule has 0 spiro atoms. The molecule has 0 heterocycles. The quantitative estimate of drug-likeness (QED) is 0.751. The third kappa shape index (κ3) is 3.87. The van der Waals surface area contributed by atoms with Crippen molar-refractivity contribution in [3.8, 4) is 5.75 Å². The Morgan fingerprint density at radius 3 is 2.47 bits per heavy atom. The Hall–Kier alpha value is -1.22. The smallest absolute Gasteiger partial charge is 0.339 e. The van der Waals surface area contributed by atoms with E-state index in [0.29, 0.717) is 10.6 Å². The first-order valence-electron chi connectivity index (χ1n) is 6.56. The van der Waals surface area contributed by atoms with Gasteiger partial charge in [0.1, 0.15) is 11.3 Å². The lowest BCUT2D eigenvalue weighted by Gasteiger charge is -2.27. The molecule has 1 aromatic rings. The average Bonchev–Trinajstić information content (AvgIpc) is 2.31. The Kier molecular flexibility index (Phi) is 5.24. The van der Waals surface area contributed by atoms with Crippen LogP contribution in [0.15, 0.2) is 12.1 Å². The van der Waals surface area contributed by atoms with Gasteiger partial charge in [0.25, 0.3) is 0 Å². The lowest BCUT2D eigenvalue weighted by molar-refractivity contribution is 0.0693. The molecule has 0 unspecified atom stereocenters. The van der Waals surface area contributed by atoms with E-state index in [-0.39, 0.29) is 16.7 Å². The molecule has 3 nitrogen and oxygen atoms in total. The van der Waals surface area contributed by atoms with Crippen molar-refractivity contribution in [2.75, 3.05) is 0 Å². The lowest BCUT2D eigenvalue weighted by atomic mass is 9.79. The van der Waals surface area contributed by atoms with Crippen molar-refractivity contribution in [2.24, 2.45) is 0 Å². The first kappa shape index (κ1) is 15.8. The largest absolute Gasteiger partial charge is 0.507 e. The topological polar surface area (TPSA) is 57.5 Å². The highest BCUT2D eigenvalue weighted by Crippen LogP contribution is 2.39. The minimum Gasteiger partial charge on any atom is -0.507 e. The molecule has 1 rings (SSSR count). The highest BCUT2D eigenvalue weighted by Gasteiger charge is 2.27. The summed E-state index contributed by atoms with van der Waals surface area (Å²) in [6.45, 7) is 6.13. The molecule has 0 atom stereocenters. The zero-order chi connectivity index (χ0) is 14.6. The van der Waals surface area contributed by atoms with Gasteiger partial charge in [-0.25, -0.2) is 4.79 Å². The van der Waals surface area contributed by atoms with E-state index in [1.54, 1.807) is 6.07 Å². The molecule has 0 aliphatic rings. The lowest BCUT2D eigenvalue weighted by Crippen LogP contribution is -2.18. The van der Waals surface area contributed by atoms with Gasteiger partial charge in [0.05, 0.1) is 0 Å². The fourth-order valence-electron chi connectivity index (χ4n) is 2.23. The van der Waals surface area contributed by atoms with Crippen LogP contribution in [0.5, 0.6) is 5.75 Å². The summed E-state index contributed by atoms with van der Waals surface area (Å²) in [6, 6.07) is 2.94. The number of phenols is 1. The molecule has 2 N–H and O–H groups in total. The van der Waals surface area contributed by atoms with Crippen LogP contribution in [-0.2, 0) is 5.41 Å². The van der Waals surface area contributed by atoms with Gasteiger partial charge in [-0.05, 0) is 24.0 Å². The first-order chi connectivity index (χ1) is 8.79. The molecule has 0 bridgehead atoms. The number of hydrogen-bond acceptors (Lipinski definition) is 2. The third-order valence-corrected chi connectivity index (χ3v) is 3.66. The molecule has 106 valence electrons. The van der Waals surface area contributed by atoms with Gasteiger partial charge in [-0.2, -0.15) is 0 Å². The summed E-state index contributed by atoms with van der Waals surface area (Å²) in [6.07, 6.45) is 4.17. The fraction of sp³-hybridized carbons (Fsp3) is 0.533. The van der Waals surface area contributed by atoms with Crippen LogP contribution in [0.25, 0.3) is 0 Å². The molecular formula is C15H21ClO3. The van der Waals surface area contributed by atoms with E-state index in [0.717, 1.165) is 25.7 Å². The van der Waals surface area contributed by atoms with Crippen molar-refractivity contribution in [1.29, 1.82) is 0 Å². The number of unbranched alkanes of at least 4 members (excludes halogenated alkanes) is 2. The van der Waals surface area contributed by atoms with Gasteiger partial charge >= 0.3 is 5.97 Å². The van der Waals surface area contributed by atoms with Crippen molar-refractivity contribution >= 4 is 17.6 Å². The van der Waals surface area contributed by atoms with Crippen LogP contribution < -0.4 is 0 Å². The molecule has 0 amide bonds. The van der Waals surface area contributed by atoms with Crippen molar-refractivity contribution in [3.63, 3.8) is 0 Å². The summed E-state index contributed by atoms with van der Waals surface area (Å²) in [4.78, 5) is 11.1. The van der Waals surface area contributed by atoms with E-state index in [4.69, 9.17) is 16.7 Å². The van der Waals surface area contributed by atoms with Gasteiger partial charge in [0.2, 0.25) is 0 Å². The van der Waals surface area contributed by atoms with Gasteiger partial charge in [0.15, 0.2) is 0 Å². The molecule has 1 aromatic carbocycles. The van der Waals surface area contributed by atoms with Crippen LogP contribution in [-0.4, -0.2) is 16.2 Å². The molecule has 0 aliphatic carbocycles. The maximum absolute atomic E-state index is 11.1. The second-order valence-electron chi connectivity index (χ2n) is 5.50. The highest BCUT2D eigenvalue weighted by molar-refractivity contribution is 6.31. The van der Waals surface area contributed by atoms with Crippen molar-refractivity contribution in [2.45, 2.75) is 51.9 Å². The predicted molar refractivity (Wildman–Crippen MR) is 77.2 cm³/mol. The van der Waals surface area contributed by atoms with E-state index in [9.17, 15) is 9.90 Å². The monoisotopic (exact) mass is 284 g/mol. The molecule has 0 aromatic heterocycles. The van der Waals surface area contributed by atoms with Crippen LogP contribution in [0.1, 0.15) is 62.4 Å². The Labute approximate surface area is 119 Å². The Balaban J connectivity index is 3.14. The fourth-order valence-corrected chi connectivity index (χ4v) is 2.45. The highest BCUT2D eigenvalue weighted by atomic mass is 35.5. The van der Waals surface area contributed by atoms with Crippen LogP contribution in [0, 0.1) is 0 Å². The van der Waals surface area contributed by atoms with Crippen LogP contribution in [0.3, 0.4) is 0 Å².